The van der Waals surface area contributed by atoms with Gasteiger partial charge in [-0.1, -0.05) is 0 Å². The zero-order valence-electron chi connectivity index (χ0n) is 9.10. The molecule has 1 aliphatic heterocycles. The molecule has 1 saturated heterocycles. The maximum Gasteiger partial charge on any atom is 0.272 e. The van der Waals surface area contributed by atoms with Crippen LogP contribution in [0.4, 0.5) is 10.1 Å². The van der Waals surface area contributed by atoms with E-state index < -0.39 is 10.7 Å². The van der Waals surface area contributed by atoms with Crippen LogP contribution in [-0.4, -0.2) is 24.2 Å². The molecule has 17 heavy (non-hydrogen) atoms. The summed E-state index contributed by atoms with van der Waals surface area (Å²) in [6.07, 6.45) is 1.87. The second kappa shape index (κ2) is 5.09. The first-order valence-corrected chi connectivity index (χ1v) is 5.35. The predicted octanol–water partition coefficient (Wildman–Crippen LogP) is 2.29. The molecule has 0 N–H and O–H groups in total. The lowest BCUT2D eigenvalue weighted by molar-refractivity contribution is -0.385. The molecule has 0 aromatic heterocycles. The van der Waals surface area contributed by atoms with Crippen LogP contribution in [0.5, 0.6) is 5.75 Å². The number of non-ortho nitro benzene ring substituents is 1. The van der Waals surface area contributed by atoms with E-state index in [0.29, 0.717) is 6.61 Å². The summed E-state index contributed by atoms with van der Waals surface area (Å²) in [6, 6.07) is 3.33. The average molecular weight is 241 g/mol. The Morgan fingerprint density at radius 3 is 3.00 bits per heavy atom. The summed E-state index contributed by atoms with van der Waals surface area (Å²) in [5, 5.41) is 10.4. The number of hydrogen-bond donors (Lipinski definition) is 0. The quantitative estimate of drug-likeness (QED) is 0.599. The van der Waals surface area contributed by atoms with Gasteiger partial charge in [0.1, 0.15) is 6.61 Å². The highest BCUT2D eigenvalue weighted by Gasteiger charge is 2.17. The fourth-order valence-corrected chi connectivity index (χ4v) is 1.68. The fraction of sp³-hybridized carbons (Fsp3) is 0.455. The van der Waals surface area contributed by atoms with Crippen LogP contribution in [0.25, 0.3) is 0 Å². The molecule has 1 aliphatic rings. The number of nitrogens with zero attached hydrogens (tertiary/aromatic N) is 1. The van der Waals surface area contributed by atoms with E-state index in [1.807, 2.05) is 0 Å². The van der Waals surface area contributed by atoms with E-state index in [0.717, 1.165) is 18.9 Å². The molecule has 0 saturated carbocycles. The van der Waals surface area contributed by atoms with E-state index in [-0.39, 0.29) is 24.1 Å². The Hall–Kier alpha value is -1.69. The van der Waals surface area contributed by atoms with E-state index >= 15 is 0 Å². The van der Waals surface area contributed by atoms with Crippen LogP contribution >= 0.6 is 0 Å². The molecule has 92 valence electrons. The Bertz CT molecular complexity index is 418. The van der Waals surface area contributed by atoms with Gasteiger partial charge in [0.05, 0.1) is 17.1 Å². The standard InChI is InChI=1S/C11H12FNO4/c12-10-6-8(13(14)15)3-4-11(10)17-7-9-2-1-5-16-9/h3-4,6,9H,1-2,5,7H2/t9-/m0/s1. The summed E-state index contributed by atoms with van der Waals surface area (Å²) in [5.41, 5.74) is -0.285. The second-order valence-corrected chi connectivity index (χ2v) is 3.82. The molecule has 0 bridgehead atoms. The van der Waals surface area contributed by atoms with Gasteiger partial charge in [-0.2, -0.15) is 0 Å². The Labute approximate surface area is 97.3 Å². The second-order valence-electron chi connectivity index (χ2n) is 3.82. The highest BCUT2D eigenvalue weighted by molar-refractivity contribution is 5.37. The van der Waals surface area contributed by atoms with Crippen molar-refractivity contribution in [2.24, 2.45) is 0 Å². The van der Waals surface area contributed by atoms with Crippen LogP contribution in [0.3, 0.4) is 0 Å². The zero-order valence-corrected chi connectivity index (χ0v) is 9.10. The number of ether oxygens (including phenoxy) is 2. The van der Waals surface area contributed by atoms with Crippen molar-refractivity contribution < 1.29 is 18.8 Å². The normalized spacial score (nSPS) is 19.2. The Kier molecular flexibility index (Phi) is 3.53. The van der Waals surface area contributed by atoms with Crippen LogP contribution in [0, 0.1) is 15.9 Å². The summed E-state index contributed by atoms with van der Waals surface area (Å²) in [7, 11) is 0. The summed E-state index contributed by atoms with van der Waals surface area (Å²) >= 11 is 0. The monoisotopic (exact) mass is 241 g/mol. The van der Waals surface area contributed by atoms with Gasteiger partial charge in [-0.15, -0.1) is 0 Å². The zero-order chi connectivity index (χ0) is 12.3. The molecule has 5 nitrogen and oxygen atoms in total. The lowest BCUT2D eigenvalue weighted by Gasteiger charge is -2.11. The van der Waals surface area contributed by atoms with E-state index in [2.05, 4.69) is 0 Å². The predicted molar refractivity (Wildman–Crippen MR) is 57.5 cm³/mol. The number of hydrogen-bond acceptors (Lipinski definition) is 4. The molecule has 6 heteroatoms. The molecule has 0 spiro atoms. The third-order valence-electron chi connectivity index (χ3n) is 2.58. The average Bonchev–Trinajstić information content (AvgIpc) is 2.80. The van der Waals surface area contributed by atoms with E-state index in [4.69, 9.17) is 9.47 Å². The Morgan fingerprint density at radius 2 is 2.41 bits per heavy atom. The Balaban J connectivity index is 1.98. The first kappa shape index (κ1) is 11.8. The minimum absolute atomic E-state index is 0.00964. The van der Waals surface area contributed by atoms with Gasteiger partial charge >= 0.3 is 0 Å². The molecular formula is C11H12FNO4. The molecule has 1 atom stereocenters. The molecule has 1 aromatic rings. The summed E-state index contributed by atoms with van der Waals surface area (Å²) < 4.78 is 24.0. The summed E-state index contributed by atoms with van der Waals surface area (Å²) in [5.74, 6) is -0.705. The highest BCUT2D eigenvalue weighted by Crippen LogP contribution is 2.23. The summed E-state index contributed by atoms with van der Waals surface area (Å²) in [6.45, 7) is 0.978. The van der Waals surface area contributed by atoms with Gasteiger partial charge in [0.15, 0.2) is 11.6 Å². The Morgan fingerprint density at radius 1 is 1.59 bits per heavy atom. The number of rotatable bonds is 4. The van der Waals surface area contributed by atoms with E-state index in [1.165, 1.54) is 12.1 Å². The van der Waals surface area contributed by atoms with Crippen molar-refractivity contribution in [3.8, 4) is 5.75 Å². The van der Waals surface area contributed by atoms with Crippen molar-refractivity contribution in [2.75, 3.05) is 13.2 Å². The number of nitro benzene ring substituents is 1. The number of benzene rings is 1. The smallest absolute Gasteiger partial charge is 0.272 e. The van der Waals surface area contributed by atoms with Crippen LogP contribution < -0.4 is 4.74 Å². The van der Waals surface area contributed by atoms with Gasteiger partial charge in [-0.05, 0) is 18.9 Å². The van der Waals surface area contributed by atoms with Crippen molar-refractivity contribution in [2.45, 2.75) is 18.9 Å². The molecular weight excluding hydrogens is 229 g/mol. The van der Waals surface area contributed by atoms with Crippen LogP contribution in [0.2, 0.25) is 0 Å². The molecule has 1 aromatic carbocycles. The van der Waals surface area contributed by atoms with Gasteiger partial charge in [-0.25, -0.2) is 4.39 Å². The molecule has 1 heterocycles. The number of nitro groups is 1. The molecule has 0 unspecified atom stereocenters. The molecule has 0 radical (unpaired) electrons. The van der Waals surface area contributed by atoms with E-state index in [1.54, 1.807) is 0 Å². The lowest BCUT2D eigenvalue weighted by atomic mass is 10.2. The lowest BCUT2D eigenvalue weighted by Crippen LogP contribution is -2.16. The maximum atomic E-state index is 13.4. The van der Waals surface area contributed by atoms with Crippen LogP contribution in [0.1, 0.15) is 12.8 Å². The van der Waals surface area contributed by atoms with Gasteiger partial charge in [0.25, 0.3) is 5.69 Å². The largest absolute Gasteiger partial charge is 0.488 e. The molecule has 0 aliphatic carbocycles. The van der Waals surface area contributed by atoms with Crippen molar-refractivity contribution in [1.29, 1.82) is 0 Å². The molecule has 2 rings (SSSR count). The molecule has 1 fully saturated rings. The van der Waals surface area contributed by atoms with Crippen molar-refractivity contribution in [3.05, 3.63) is 34.1 Å². The van der Waals surface area contributed by atoms with Gasteiger partial charge < -0.3 is 9.47 Å². The third kappa shape index (κ3) is 2.91. The minimum Gasteiger partial charge on any atom is -0.488 e. The maximum absolute atomic E-state index is 13.4. The van der Waals surface area contributed by atoms with Gasteiger partial charge in [-0.3, -0.25) is 10.1 Å². The third-order valence-corrected chi connectivity index (χ3v) is 2.58. The van der Waals surface area contributed by atoms with E-state index in [9.17, 15) is 14.5 Å². The highest BCUT2D eigenvalue weighted by atomic mass is 19.1. The van der Waals surface area contributed by atoms with Crippen LogP contribution in [-0.2, 0) is 4.74 Å². The van der Waals surface area contributed by atoms with Crippen molar-refractivity contribution in [1.82, 2.24) is 0 Å². The number of halogens is 1. The molecule has 0 amide bonds. The first-order chi connectivity index (χ1) is 8.16. The SMILES string of the molecule is O=[N+]([O-])c1ccc(OC[C@@H]2CCCO2)c(F)c1. The van der Waals surface area contributed by atoms with Gasteiger partial charge in [0, 0.05) is 12.7 Å². The fourth-order valence-electron chi connectivity index (χ4n) is 1.68. The van der Waals surface area contributed by atoms with Crippen LogP contribution in [0.15, 0.2) is 18.2 Å². The minimum atomic E-state index is -0.725. The van der Waals surface area contributed by atoms with Crippen molar-refractivity contribution >= 4 is 5.69 Å². The van der Waals surface area contributed by atoms with Gasteiger partial charge in [0.2, 0.25) is 0 Å². The topological polar surface area (TPSA) is 61.6 Å². The summed E-state index contributed by atoms with van der Waals surface area (Å²) in [4.78, 5) is 9.76. The van der Waals surface area contributed by atoms with Crippen molar-refractivity contribution in [3.63, 3.8) is 0 Å². The first-order valence-electron chi connectivity index (χ1n) is 5.35.